The number of carbonyl (C=O) groups is 2. The molecule has 1 aromatic heterocycles. The lowest BCUT2D eigenvalue weighted by Crippen LogP contribution is -2.43. The summed E-state index contributed by atoms with van der Waals surface area (Å²) >= 11 is 0. The van der Waals surface area contributed by atoms with E-state index in [-0.39, 0.29) is 23.3 Å². The lowest BCUT2D eigenvalue weighted by atomic mass is 10.2. The molecule has 0 radical (unpaired) electrons. The Labute approximate surface area is 85.4 Å². The minimum absolute atomic E-state index is 0.0165. The van der Waals surface area contributed by atoms with Gasteiger partial charge in [0.15, 0.2) is 5.69 Å². The van der Waals surface area contributed by atoms with E-state index in [1.807, 2.05) is 6.92 Å². The maximum atomic E-state index is 11.6. The Morgan fingerprint density at radius 3 is 3.07 bits per heavy atom. The summed E-state index contributed by atoms with van der Waals surface area (Å²) in [5, 5.41) is 10.1. The van der Waals surface area contributed by atoms with Crippen molar-refractivity contribution in [1.29, 1.82) is 0 Å². The third-order valence-electron chi connectivity index (χ3n) is 2.15. The summed E-state index contributed by atoms with van der Waals surface area (Å²) in [6, 6.07) is -0.0165. The summed E-state index contributed by atoms with van der Waals surface area (Å²) in [6.45, 7) is 2.35. The number of amides is 1. The molecule has 1 amide bonds. The third-order valence-corrected chi connectivity index (χ3v) is 2.15. The van der Waals surface area contributed by atoms with Crippen LogP contribution in [-0.4, -0.2) is 40.0 Å². The molecule has 0 aromatic carbocycles. The first-order valence-electron chi connectivity index (χ1n) is 4.46. The molecule has 0 aliphatic carbocycles. The van der Waals surface area contributed by atoms with Gasteiger partial charge in [-0.25, -0.2) is 9.48 Å². The summed E-state index contributed by atoms with van der Waals surface area (Å²) in [5.41, 5.74) is 0.127. The number of rotatable bonds is 1. The van der Waals surface area contributed by atoms with Gasteiger partial charge in [-0.3, -0.25) is 4.79 Å². The molecule has 7 nitrogen and oxygen atoms in total. The summed E-state index contributed by atoms with van der Waals surface area (Å²) in [5.74, 6) is -1.000. The number of nitrogens with one attached hydrogen (secondary N) is 1. The van der Waals surface area contributed by atoms with Crippen molar-refractivity contribution in [2.75, 3.05) is 7.11 Å². The van der Waals surface area contributed by atoms with Crippen LogP contribution in [0.25, 0.3) is 0 Å². The normalized spacial score (nSPS) is 19.3. The van der Waals surface area contributed by atoms with Crippen LogP contribution in [0.1, 0.15) is 27.9 Å². The number of hydrogen-bond donors (Lipinski definition) is 1. The van der Waals surface area contributed by atoms with Crippen LogP contribution >= 0.6 is 0 Å². The maximum absolute atomic E-state index is 11.6. The molecule has 2 rings (SSSR count). The summed E-state index contributed by atoms with van der Waals surface area (Å²) in [7, 11) is 1.23. The topological polar surface area (TPSA) is 86.1 Å². The monoisotopic (exact) mass is 210 g/mol. The molecule has 80 valence electrons. The largest absolute Gasteiger partial charge is 0.464 e. The molecule has 15 heavy (non-hydrogen) atoms. The van der Waals surface area contributed by atoms with E-state index in [1.165, 1.54) is 11.8 Å². The molecule has 0 saturated heterocycles. The van der Waals surface area contributed by atoms with E-state index in [1.54, 1.807) is 0 Å². The molecule has 1 aliphatic heterocycles. The Bertz CT molecular complexity index is 426. The Hall–Kier alpha value is -1.92. The fourth-order valence-corrected chi connectivity index (χ4v) is 1.50. The van der Waals surface area contributed by atoms with Gasteiger partial charge in [-0.1, -0.05) is 5.21 Å². The van der Waals surface area contributed by atoms with Crippen molar-refractivity contribution in [3.63, 3.8) is 0 Å². The van der Waals surface area contributed by atoms with Crippen molar-refractivity contribution >= 4 is 11.9 Å². The van der Waals surface area contributed by atoms with Crippen LogP contribution in [-0.2, 0) is 11.3 Å². The number of aromatic nitrogens is 3. The Kier molecular flexibility index (Phi) is 2.14. The molecule has 1 aliphatic rings. The Morgan fingerprint density at radius 2 is 2.40 bits per heavy atom. The van der Waals surface area contributed by atoms with Crippen molar-refractivity contribution < 1.29 is 14.3 Å². The molecule has 0 spiro atoms. The van der Waals surface area contributed by atoms with Crippen LogP contribution in [0.3, 0.4) is 0 Å². The second-order valence-electron chi connectivity index (χ2n) is 3.33. The molecule has 2 heterocycles. The van der Waals surface area contributed by atoms with E-state index in [9.17, 15) is 9.59 Å². The second kappa shape index (κ2) is 3.34. The van der Waals surface area contributed by atoms with Gasteiger partial charge in [-0.05, 0) is 6.92 Å². The van der Waals surface area contributed by atoms with Crippen LogP contribution in [0.4, 0.5) is 0 Å². The Balaban J connectivity index is 2.46. The first-order chi connectivity index (χ1) is 7.13. The molecule has 0 bridgehead atoms. The van der Waals surface area contributed by atoms with Gasteiger partial charge in [-0.2, -0.15) is 0 Å². The maximum Gasteiger partial charge on any atom is 0.361 e. The van der Waals surface area contributed by atoms with E-state index >= 15 is 0 Å². The predicted molar refractivity (Wildman–Crippen MR) is 48.3 cm³/mol. The van der Waals surface area contributed by atoms with E-state index in [0.29, 0.717) is 6.54 Å². The zero-order valence-electron chi connectivity index (χ0n) is 8.35. The van der Waals surface area contributed by atoms with Gasteiger partial charge in [0, 0.05) is 6.04 Å². The minimum Gasteiger partial charge on any atom is -0.464 e. The Morgan fingerprint density at radius 1 is 1.67 bits per heavy atom. The fourth-order valence-electron chi connectivity index (χ4n) is 1.50. The number of nitrogens with zero attached hydrogens (tertiary/aromatic N) is 3. The number of hydrogen-bond acceptors (Lipinski definition) is 5. The van der Waals surface area contributed by atoms with Crippen LogP contribution < -0.4 is 5.32 Å². The molecule has 1 N–H and O–H groups in total. The smallest absolute Gasteiger partial charge is 0.361 e. The van der Waals surface area contributed by atoms with Crippen LogP contribution in [0.15, 0.2) is 0 Å². The van der Waals surface area contributed by atoms with Gasteiger partial charge < -0.3 is 10.1 Å². The average Bonchev–Trinajstić information content (AvgIpc) is 2.60. The first kappa shape index (κ1) is 9.63. The third kappa shape index (κ3) is 1.45. The number of esters is 1. The van der Waals surface area contributed by atoms with E-state index in [4.69, 9.17) is 0 Å². The van der Waals surface area contributed by atoms with Crippen LogP contribution in [0.2, 0.25) is 0 Å². The summed E-state index contributed by atoms with van der Waals surface area (Å²) < 4.78 is 5.91. The predicted octanol–water partition coefficient (Wildman–Crippen LogP) is -0.803. The number of methoxy groups -OCH3 is 1. The molecule has 1 aromatic rings. The highest BCUT2D eigenvalue weighted by atomic mass is 16.5. The van der Waals surface area contributed by atoms with Crippen LogP contribution in [0.5, 0.6) is 0 Å². The van der Waals surface area contributed by atoms with Crippen LogP contribution in [0, 0.1) is 0 Å². The first-order valence-corrected chi connectivity index (χ1v) is 4.46. The quantitative estimate of drug-likeness (QED) is 0.613. The zero-order chi connectivity index (χ0) is 11.0. The lowest BCUT2D eigenvalue weighted by Gasteiger charge is -2.20. The SMILES string of the molecule is COC(=O)c1nnn2c1C(=O)NC(C)C2. The summed E-state index contributed by atoms with van der Waals surface area (Å²) in [4.78, 5) is 22.8. The molecule has 0 fully saturated rings. The molecule has 0 saturated carbocycles. The van der Waals surface area contributed by atoms with Gasteiger partial charge in [0.2, 0.25) is 5.69 Å². The van der Waals surface area contributed by atoms with E-state index in [0.717, 1.165) is 0 Å². The average molecular weight is 210 g/mol. The highest BCUT2D eigenvalue weighted by molar-refractivity contribution is 6.03. The minimum atomic E-state index is -0.652. The highest BCUT2D eigenvalue weighted by Gasteiger charge is 2.30. The molecule has 7 heteroatoms. The van der Waals surface area contributed by atoms with Gasteiger partial charge in [0.25, 0.3) is 5.91 Å². The van der Waals surface area contributed by atoms with Gasteiger partial charge in [0.1, 0.15) is 0 Å². The van der Waals surface area contributed by atoms with Gasteiger partial charge in [0.05, 0.1) is 13.7 Å². The number of fused-ring (bicyclic) bond motifs is 1. The van der Waals surface area contributed by atoms with E-state index in [2.05, 4.69) is 20.4 Å². The fraction of sp³-hybridized carbons (Fsp3) is 0.500. The molecular formula is C8H10N4O3. The summed E-state index contributed by atoms with van der Waals surface area (Å²) in [6.07, 6.45) is 0. The highest BCUT2D eigenvalue weighted by Crippen LogP contribution is 2.11. The van der Waals surface area contributed by atoms with Gasteiger partial charge in [-0.15, -0.1) is 5.10 Å². The van der Waals surface area contributed by atoms with Crippen molar-refractivity contribution in [1.82, 2.24) is 20.3 Å². The van der Waals surface area contributed by atoms with Crippen molar-refractivity contribution in [3.05, 3.63) is 11.4 Å². The molecule has 1 atom stereocenters. The zero-order valence-corrected chi connectivity index (χ0v) is 8.35. The number of carbonyl (C=O) groups excluding carboxylic acids is 2. The molecular weight excluding hydrogens is 200 g/mol. The standard InChI is InChI=1S/C8H10N4O3/c1-4-3-12-6(7(13)9-4)5(10-11-12)8(14)15-2/h4H,3H2,1-2H3,(H,9,13). The van der Waals surface area contributed by atoms with Crippen molar-refractivity contribution in [3.8, 4) is 0 Å². The second-order valence-corrected chi connectivity index (χ2v) is 3.33. The van der Waals surface area contributed by atoms with Crippen molar-refractivity contribution in [2.24, 2.45) is 0 Å². The van der Waals surface area contributed by atoms with Crippen molar-refractivity contribution in [2.45, 2.75) is 19.5 Å². The lowest BCUT2D eigenvalue weighted by molar-refractivity contribution is 0.0588. The number of ether oxygens (including phenoxy) is 1. The molecule has 1 unspecified atom stereocenters. The van der Waals surface area contributed by atoms with E-state index < -0.39 is 5.97 Å². The van der Waals surface area contributed by atoms with Gasteiger partial charge >= 0.3 is 5.97 Å².